The van der Waals surface area contributed by atoms with E-state index in [-0.39, 0.29) is 5.75 Å². The van der Waals surface area contributed by atoms with E-state index in [0.29, 0.717) is 13.1 Å². The Kier molecular flexibility index (Phi) is 1.90. The third kappa shape index (κ3) is 1.36. The van der Waals surface area contributed by atoms with Gasteiger partial charge in [0.25, 0.3) is 0 Å². The molecule has 0 amide bonds. The number of phenolic OH excluding ortho intramolecular Hbond substituents is 1. The molecular weight excluding hydrogens is 166 g/mol. The zero-order valence-electron chi connectivity index (χ0n) is 7.14. The molecule has 0 aliphatic carbocycles. The van der Waals surface area contributed by atoms with Crippen molar-refractivity contribution in [1.29, 1.82) is 0 Å². The number of rotatable bonds is 2. The standard InChI is InChI=1S/C9H11N3O/c10-4-5-12-6-7-8(11-12)2-1-3-9(7)13/h1-3,6,13H,4-5,10H2. The first kappa shape index (κ1) is 8.07. The van der Waals surface area contributed by atoms with Gasteiger partial charge in [-0.2, -0.15) is 5.10 Å². The fourth-order valence-electron chi connectivity index (χ4n) is 1.32. The van der Waals surface area contributed by atoms with Gasteiger partial charge in [0.15, 0.2) is 0 Å². The molecule has 1 aromatic heterocycles. The minimum Gasteiger partial charge on any atom is -0.507 e. The second-order valence-corrected chi connectivity index (χ2v) is 2.89. The van der Waals surface area contributed by atoms with Crippen LogP contribution in [0.3, 0.4) is 0 Å². The van der Waals surface area contributed by atoms with E-state index >= 15 is 0 Å². The van der Waals surface area contributed by atoms with Crippen molar-refractivity contribution in [3.8, 4) is 5.75 Å². The molecule has 0 unspecified atom stereocenters. The predicted octanol–water partition coefficient (Wildman–Crippen LogP) is 0.701. The van der Waals surface area contributed by atoms with Crippen molar-refractivity contribution in [3.05, 3.63) is 24.4 Å². The molecule has 0 spiro atoms. The Bertz CT molecular complexity index is 422. The lowest BCUT2D eigenvalue weighted by Gasteiger charge is -1.93. The highest BCUT2D eigenvalue weighted by molar-refractivity contribution is 5.84. The highest BCUT2D eigenvalue weighted by Gasteiger charge is 2.02. The lowest BCUT2D eigenvalue weighted by Crippen LogP contribution is -2.09. The maximum atomic E-state index is 9.47. The fraction of sp³-hybridized carbons (Fsp3) is 0.222. The zero-order chi connectivity index (χ0) is 9.26. The van der Waals surface area contributed by atoms with Crippen molar-refractivity contribution < 1.29 is 5.11 Å². The molecule has 0 aliphatic heterocycles. The highest BCUT2D eigenvalue weighted by Crippen LogP contribution is 2.22. The predicted molar refractivity (Wildman–Crippen MR) is 50.5 cm³/mol. The number of fused-ring (bicyclic) bond motifs is 1. The molecule has 0 aliphatic rings. The summed E-state index contributed by atoms with van der Waals surface area (Å²) in [5.41, 5.74) is 6.20. The second kappa shape index (κ2) is 3.06. The topological polar surface area (TPSA) is 64.1 Å². The highest BCUT2D eigenvalue weighted by atomic mass is 16.3. The van der Waals surface area contributed by atoms with Crippen molar-refractivity contribution in [2.24, 2.45) is 5.73 Å². The Balaban J connectivity index is 2.55. The number of aromatic nitrogens is 2. The molecule has 1 heterocycles. The van der Waals surface area contributed by atoms with Gasteiger partial charge in [-0.3, -0.25) is 4.68 Å². The van der Waals surface area contributed by atoms with Gasteiger partial charge in [0.2, 0.25) is 0 Å². The first-order valence-electron chi connectivity index (χ1n) is 4.16. The van der Waals surface area contributed by atoms with Crippen LogP contribution < -0.4 is 5.73 Å². The van der Waals surface area contributed by atoms with E-state index in [0.717, 1.165) is 10.9 Å². The van der Waals surface area contributed by atoms with Gasteiger partial charge in [-0.1, -0.05) is 6.07 Å². The quantitative estimate of drug-likeness (QED) is 0.709. The number of benzene rings is 1. The zero-order valence-corrected chi connectivity index (χ0v) is 7.14. The third-order valence-corrected chi connectivity index (χ3v) is 1.93. The maximum Gasteiger partial charge on any atom is 0.126 e. The van der Waals surface area contributed by atoms with E-state index in [1.54, 1.807) is 23.0 Å². The maximum absolute atomic E-state index is 9.47. The monoisotopic (exact) mass is 177 g/mol. The van der Waals surface area contributed by atoms with Crippen LogP contribution in [-0.4, -0.2) is 21.4 Å². The second-order valence-electron chi connectivity index (χ2n) is 2.89. The molecule has 4 nitrogen and oxygen atoms in total. The number of nitrogens with two attached hydrogens (primary N) is 1. The summed E-state index contributed by atoms with van der Waals surface area (Å²) < 4.78 is 1.74. The van der Waals surface area contributed by atoms with Crippen LogP contribution in [0, 0.1) is 0 Å². The van der Waals surface area contributed by atoms with E-state index in [1.165, 1.54) is 0 Å². The van der Waals surface area contributed by atoms with Crippen LogP contribution in [-0.2, 0) is 6.54 Å². The van der Waals surface area contributed by atoms with Crippen molar-refractivity contribution in [3.63, 3.8) is 0 Å². The van der Waals surface area contributed by atoms with Crippen molar-refractivity contribution in [1.82, 2.24) is 9.78 Å². The number of hydrogen-bond donors (Lipinski definition) is 2. The average molecular weight is 177 g/mol. The summed E-state index contributed by atoms with van der Waals surface area (Å²) in [5, 5.41) is 14.5. The van der Waals surface area contributed by atoms with Gasteiger partial charge in [-0.15, -0.1) is 0 Å². The van der Waals surface area contributed by atoms with Gasteiger partial charge in [-0.25, -0.2) is 0 Å². The van der Waals surface area contributed by atoms with E-state index in [4.69, 9.17) is 5.73 Å². The van der Waals surface area contributed by atoms with Gasteiger partial charge >= 0.3 is 0 Å². The number of phenols is 1. The van der Waals surface area contributed by atoms with Gasteiger partial charge < -0.3 is 10.8 Å². The summed E-state index contributed by atoms with van der Waals surface area (Å²) >= 11 is 0. The summed E-state index contributed by atoms with van der Waals surface area (Å²) in [5.74, 6) is 0.265. The molecule has 3 N–H and O–H groups in total. The molecule has 13 heavy (non-hydrogen) atoms. The third-order valence-electron chi connectivity index (χ3n) is 1.93. The SMILES string of the molecule is NCCn1cc2c(O)cccc2n1. The summed E-state index contributed by atoms with van der Waals surface area (Å²) in [6.07, 6.45) is 1.80. The van der Waals surface area contributed by atoms with Crippen molar-refractivity contribution >= 4 is 10.9 Å². The summed E-state index contributed by atoms with van der Waals surface area (Å²) in [7, 11) is 0. The number of nitrogens with zero attached hydrogens (tertiary/aromatic N) is 2. The molecule has 2 aromatic rings. The molecule has 1 aromatic carbocycles. The summed E-state index contributed by atoms with van der Waals surface area (Å²) in [4.78, 5) is 0. The number of aromatic hydroxyl groups is 1. The molecule has 0 saturated carbocycles. The van der Waals surface area contributed by atoms with Crippen LogP contribution in [0.4, 0.5) is 0 Å². The normalized spacial score (nSPS) is 10.8. The van der Waals surface area contributed by atoms with Crippen molar-refractivity contribution in [2.45, 2.75) is 6.54 Å². The van der Waals surface area contributed by atoms with Crippen LogP contribution in [0.15, 0.2) is 24.4 Å². The minimum atomic E-state index is 0.265. The molecule has 2 rings (SSSR count). The number of hydrogen-bond acceptors (Lipinski definition) is 3. The molecule has 0 saturated heterocycles. The lowest BCUT2D eigenvalue weighted by atomic mass is 10.2. The van der Waals surface area contributed by atoms with Crippen LogP contribution in [0.1, 0.15) is 0 Å². The van der Waals surface area contributed by atoms with E-state index in [2.05, 4.69) is 5.10 Å². The summed E-state index contributed by atoms with van der Waals surface area (Å²) in [6.45, 7) is 1.23. The van der Waals surface area contributed by atoms with Crippen LogP contribution in [0.25, 0.3) is 10.9 Å². The molecular formula is C9H11N3O. The van der Waals surface area contributed by atoms with Crippen LogP contribution in [0.5, 0.6) is 5.75 Å². The Labute approximate surface area is 75.6 Å². The van der Waals surface area contributed by atoms with E-state index in [9.17, 15) is 5.11 Å². The van der Waals surface area contributed by atoms with E-state index in [1.807, 2.05) is 6.07 Å². The van der Waals surface area contributed by atoms with Gasteiger partial charge in [0, 0.05) is 12.7 Å². The lowest BCUT2D eigenvalue weighted by molar-refractivity contribution is 0.481. The van der Waals surface area contributed by atoms with E-state index < -0.39 is 0 Å². The Morgan fingerprint density at radius 1 is 1.46 bits per heavy atom. The largest absolute Gasteiger partial charge is 0.507 e. The average Bonchev–Trinajstić information content (AvgIpc) is 2.49. The van der Waals surface area contributed by atoms with Crippen molar-refractivity contribution in [2.75, 3.05) is 6.54 Å². The fourth-order valence-corrected chi connectivity index (χ4v) is 1.32. The smallest absolute Gasteiger partial charge is 0.126 e. The van der Waals surface area contributed by atoms with Crippen LogP contribution >= 0.6 is 0 Å². The van der Waals surface area contributed by atoms with Crippen LogP contribution in [0.2, 0.25) is 0 Å². The molecule has 0 radical (unpaired) electrons. The molecule has 0 bridgehead atoms. The van der Waals surface area contributed by atoms with Gasteiger partial charge in [-0.05, 0) is 12.1 Å². The van der Waals surface area contributed by atoms with Gasteiger partial charge in [0.05, 0.1) is 17.4 Å². The first-order valence-corrected chi connectivity index (χ1v) is 4.16. The Morgan fingerprint density at radius 3 is 3.00 bits per heavy atom. The molecule has 4 heteroatoms. The molecule has 0 atom stereocenters. The van der Waals surface area contributed by atoms with Gasteiger partial charge in [0.1, 0.15) is 5.75 Å². The first-order chi connectivity index (χ1) is 6.31. The molecule has 0 fully saturated rings. The Morgan fingerprint density at radius 2 is 2.31 bits per heavy atom. The minimum absolute atomic E-state index is 0.265. The summed E-state index contributed by atoms with van der Waals surface area (Å²) in [6, 6.07) is 5.29. The molecule has 68 valence electrons. The Hall–Kier alpha value is -1.55.